The number of carbonyl (C=O) groups is 2. The van der Waals surface area contributed by atoms with Crippen molar-refractivity contribution in [2.75, 3.05) is 7.05 Å². The fraction of sp³-hybridized carbons (Fsp3) is 0.222. The Morgan fingerprint density at radius 1 is 1.16 bits per heavy atom. The molecular weight excluding hydrogens is 332 g/mol. The second-order valence-corrected chi connectivity index (χ2v) is 5.48. The van der Waals surface area contributed by atoms with E-state index in [1.807, 2.05) is 0 Å². The van der Waals surface area contributed by atoms with Crippen molar-refractivity contribution in [2.24, 2.45) is 0 Å². The fourth-order valence-corrected chi connectivity index (χ4v) is 2.06. The third kappa shape index (κ3) is 4.53. The van der Waals surface area contributed by atoms with Gasteiger partial charge in [0.05, 0.1) is 0 Å². The highest BCUT2D eigenvalue weighted by Gasteiger charge is 2.23. The molecule has 132 valence electrons. The Labute approximate surface area is 143 Å². The average Bonchev–Trinajstić information content (AvgIpc) is 2.60. The standard InChI is InChI=1S/C18H17F2NO4/c1-11(18(23)24)21(2)17(22)12-3-8-16(20)13(9-12)10-25-15-6-4-14(19)5-7-15/h3-9,11H,10H2,1-2H3,(H,23,24)/t11-/m0/s1. The SMILES string of the molecule is C[C@@H](C(=O)O)N(C)C(=O)c1ccc(F)c(COc2ccc(F)cc2)c1. The van der Waals surface area contributed by atoms with E-state index in [9.17, 15) is 18.4 Å². The third-order valence-corrected chi connectivity index (χ3v) is 3.76. The second kappa shape index (κ2) is 7.74. The summed E-state index contributed by atoms with van der Waals surface area (Å²) in [6.07, 6.45) is 0. The molecule has 0 fully saturated rings. The molecule has 1 atom stereocenters. The van der Waals surface area contributed by atoms with Crippen molar-refractivity contribution in [3.63, 3.8) is 0 Å². The van der Waals surface area contributed by atoms with E-state index in [2.05, 4.69) is 0 Å². The first-order valence-electron chi connectivity index (χ1n) is 7.46. The molecule has 0 heterocycles. The number of aliphatic carboxylic acids is 1. The van der Waals surface area contributed by atoms with Gasteiger partial charge in [-0.2, -0.15) is 0 Å². The number of amides is 1. The van der Waals surface area contributed by atoms with Crippen LogP contribution in [0.2, 0.25) is 0 Å². The van der Waals surface area contributed by atoms with Crippen molar-refractivity contribution in [3.8, 4) is 5.75 Å². The maximum Gasteiger partial charge on any atom is 0.326 e. The first kappa shape index (κ1) is 18.4. The molecular formula is C18H17F2NO4. The number of likely N-dealkylation sites (N-methyl/N-ethyl adjacent to an activating group) is 1. The van der Waals surface area contributed by atoms with Crippen LogP contribution in [-0.2, 0) is 11.4 Å². The summed E-state index contributed by atoms with van der Waals surface area (Å²) in [6, 6.07) is 7.94. The van der Waals surface area contributed by atoms with Gasteiger partial charge in [0, 0.05) is 18.2 Å². The van der Waals surface area contributed by atoms with Gasteiger partial charge in [-0.25, -0.2) is 13.6 Å². The van der Waals surface area contributed by atoms with Gasteiger partial charge in [0.1, 0.15) is 30.0 Å². The summed E-state index contributed by atoms with van der Waals surface area (Å²) in [5.74, 6) is -2.31. The van der Waals surface area contributed by atoms with Gasteiger partial charge in [-0.1, -0.05) is 0 Å². The molecule has 1 N–H and O–H groups in total. The molecule has 2 rings (SSSR count). The number of carboxylic acids is 1. The number of carboxylic acid groups (broad SMARTS) is 1. The Bertz CT molecular complexity index is 777. The zero-order chi connectivity index (χ0) is 18.6. The molecule has 0 bridgehead atoms. The van der Waals surface area contributed by atoms with Gasteiger partial charge < -0.3 is 14.7 Å². The summed E-state index contributed by atoms with van der Waals surface area (Å²) in [5, 5.41) is 8.98. The van der Waals surface area contributed by atoms with Gasteiger partial charge in [-0.15, -0.1) is 0 Å². The Morgan fingerprint density at radius 3 is 2.40 bits per heavy atom. The van der Waals surface area contributed by atoms with Crippen LogP contribution in [0.5, 0.6) is 5.75 Å². The number of benzene rings is 2. The zero-order valence-corrected chi connectivity index (χ0v) is 13.7. The Morgan fingerprint density at radius 2 is 1.80 bits per heavy atom. The van der Waals surface area contributed by atoms with E-state index in [-0.39, 0.29) is 17.7 Å². The highest BCUT2D eigenvalue weighted by molar-refractivity contribution is 5.96. The van der Waals surface area contributed by atoms with Crippen LogP contribution in [0, 0.1) is 11.6 Å². The largest absolute Gasteiger partial charge is 0.489 e. The van der Waals surface area contributed by atoms with Crippen molar-refractivity contribution in [1.82, 2.24) is 4.90 Å². The maximum atomic E-state index is 13.9. The van der Waals surface area contributed by atoms with Gasteiger partial charge >= 0.3 is 5.97 Å². The average molecular weight is 349 g/mol. The molecule has 25 heavy (non-hydrogen) atoms. The van der Waals surface area contributed by atoms with E-state index < -0.39 is 29.6 Å². The maximum absolute atomic E-state index is 13.9. The summed E-state index contributed by atoms with van der Waals surface area (Å²) in [4.78, 5) is 24.4. The van der Waals surface area contributed by atoms with Crippen molar-refractivity contribution >= 4 is 11.9 Å². The zero-order valence-electron chi connectivity index (χ0n) is 13.7. The van der Waals surface area contributed by atoms with Gasteiger partial charge in [0.25, 0.3) is 5.91 Å². The Kier molecular flexibility index (Phi) is 5.69. The summed E-state index contributed by atoms with van der Waals surface area (Å²) >= 11 is 0. The van der Waals surface area contributed by atoms with Crippen molar-refractivity contribution in [3.05, 3.63) is 65.2 Å². The lowest BCUT2D eigenvalue weighted by atomic mass is 10.1. The summed E-state index contributed by atoms with van der Waals surface area (Å²) in [7, 11) is 1.36. The molecule has 0 unspecified atom stereocenters. The first-order chi connectivity index (χ1) is 11.8. The molecule has 0 aliphatic rings. The molecule has 0 spiro atoms. The van der Waals surface area contributed by atoms with Crippen LogP contribution >= 0.6 is 0 Å². The number of ether oxygens (including phenoxy) is 1. The first-order valence-corrected chi connectivity index (χ1v) is 7.46. The minimum absolute atomic E-state index is 0.131. The number of hydrogen-bond donors (Lipinski definition) is 1. The van der Waals surface area contributed by atoms with Crippen LogP contribution in [0.3, 0.4) is 0 Å². The van der Waals surface area contributed by atoms with Gasteiger partial charge in [-0.05, 0) is 49.4 Å². The van der Waals surface area contributed by atoms with E-state index >= 15 is 0 Å². The molecule has 2 aromatic carbocycles. The lowest BCUT2D eigenvalue weighted by Crippen LogP contribution is -2.40. The molecule has 0 aliphatic carbocycles. The third-order valence-electron chi connectivity index (χ3n) is 3.76. The van der Waals surface area contributed by atoms with Crippen LogP contribution in [0.15, 0.2) is 42.5 Å². The van der Waals surface area contributed by atoms with Crippen LogP contribution in [0.1, 0.15) is 22.8 Å². The summed E-state index contributed by atoms with van der Waals surface area (Å²) < 4.78 is 32.2. The topological polar surface area (TPSA) is 66.8 Å². The highest BCUT2D eigenvalue weighted by Crippen LogP contribution is 2.17. The van der Waals surface area contributed by atoms with E-state index in [0.717, 1.165) is 11.0 Å². The quantitative estimate of drug-likeness (QED) is 0.870. The van der Waals surface area contributed by atoms with E-state index in [1.165, 1.54) is 50.4 Å². The minimum atomic E-state index is -1.14. The van der Waals surface area contributed by atoms with Gasteiger partial charge in [-0.3, -0.25) is 4.79 Å². The summed E-state index contributed by atoms with van der Waals surface area (Å²) in [6.45, 7) is 1.22. The molecule has 0 saturated carbocycles. The minimum Gasteiger partial charge on any atom is -0.489 e. The predicted molar refractivity (Wildman–Crippen MR) is 86.3 cm³/mol. The molecule has 5 nitrogen and oxygen atoms in total. The summed E-state index contributed by atoms with van der Waals surface area (Å²) in [5.41, 5.74) is 0.279. The second-order valence-electron chi connectivity index (χ2n) is 5.48. The van der Waals surface area contributed by atoms with E-state index in [1.54, 1.807) is 0 Å². The molecule has 0 aliphatic heterocycles. The smallest absolute Gasteiger partial charge is 0.326 e. The van der Waals surface area contributed by atoms with Crippen LogP contribution < -0.4 is 4.74 Å². The van der Waals surface area contributed by atoms with Gasteiger partial charge in [0.15, 0.2) is 0 Å². The van der Waals surface area contributed by atoms with E-state index in [4.69, 9.17) is 9.84 Å². The molecule has 0 aromatic heterocycles. The number of nitrogens with zero attached hydrogens (tertiary/aromatic N) is 1. The fourth-order valence-electron chi connectivity index (χ4n) is 2.06. The number of rotatable bonds is 6. The van der Waals surface area contributed by atoms with Crippen LogP contribution in [0.25, 0.3) is 0 Å². The number of hydrogen-bond acceptors (Lipinski definition) is 3. The normalized spacial score (nSPS) is 11.7. The van der Waals surface area contributed by atoms with Gasteiger partial charge in [0.2, 0.25) is 0 Å². The Balaban J connectivity index is 2.15. The van der Waals surface area contributed by atoms with Crippen LogP contribution in [-0.4, -0.2) is 35.0 Å². The molecule has 0 radical (unpaired) electrons. The number of halogens is 2. The van der Waals surface area contributed by atoms with Crippen LogP contribution in [0.4, 0.5) is 8.78 Å². The molecule has 7 heteroatoms. The van der Waals surface area contributed by atoms with Crippen molar-refractivity contribution < 1.29 is 28.2 Å². The highest BCUT2D eigenvalue weighted by atomic mass is 19.1. The van der Waals surface area contributed by atoms with Crippen molar-refractivity contribution in [2.45, 2.75) is 19.6 Å². The number of carbonyl (C=O) groups excluding carboxylic acids is 1. The lowest BCUT2D eigenvalue weighted by molar-refractivity contribution is -0.141. The monoisotopic (exact) mass is 349 g/mol. The molecule has 0 saturated heterocycles. The van der Waals surface area contributed by atoms with Crippen molar-refractivity contribution in [1.29, 1.82) is 0 Å². The van der Waals surface area contributed by atoms with E-state index in [0.29, 0.717) is 5.75 Å². The molecule has 1 amide bonds. The lowest BCUT2D eigenvalue weighted by Gasteiger charge is -2.21. The Hall–Kier alpha value is -2.96. The molecule has 2 aromatic rings. The predicted octanol–water partition coefficient (Wildman–Crippen LogP) is 3.09.